The van der Waals surface area contributed by atoms with Crippen molar-refractivity contribution < 1.29 is 9.47 Å². The Morgan fingerprint density at radius 3 is 2.12 bits per heavy atom. The SMILES string of the molecule is C[C@@H]1CN(CCOc2ccc(C(C)(C)c3ccccc3)cc2)C[C@H](C)O1. The highest BCUT2D eigenvalue weighted by Gasteiger charge is 2.23. The van der Waals surface area contributed by atoms with Crippen molar-refractivity contribution in [2.24, 2.45) is 0 Å². The zero-order valence-corrected chi connectivity index (χ0v) is 16.4. The van der Waals surface area contributed by atoms with Crippen molar-refractivity contribution in [3.63, 3.8) is 0 Å². The van der Waals surface area contributed by atoms with E-state index in [-0.39, 0.29) is 5.41 Å². The van der Waals surface area contributed by atoms with Crippen LogP contribution in [0.5, 0.6) is 5.75 Å². The Hall–Kier alpha value is -1.84. The van der Waals surface area contributed by atoms with Gasteiger partial charge in [-0.1, -0.05) is 56.3 Å². The van der Waals surface area contributed by atoms with Gasteiger partial charge in [-0.05, 0) is 37.1 Å². The molecule has 3 rings (SSSR count). The summed E-state index contributed by atoms with van der Waals surface area (Å²) in [5, 5.41) is 0. The predicted octanol–water partition coefficient (Wildman–Crippen LogP) is 4.50. The van der Waals surface area contributed by atoms with Gasteiger partial charge in [0.1, 0.15) is 12.4 Å². The average Bonchev–Trinajstić information content (AvgIpc) is 2.62. The number of hydrogen-bond donors (Lipinski definition) is 0. The van der Waals surface area contributed by atoms with Crippen molar-refractivity contribution in [1.82, 2.24) is 4.90 Å². The van der Waals surface area contributed by atoms with Gasteiger partial charge in [-0.2, -0.15) is 0 Å². The average molecular weight is 354 g/mol. The molecule has 1 saturated heterocycles. The third-order valence-electron chi connectivity index (χ3n) is 5.24. The van der Waals surface area contributed by atoms with Crippen LogP contribution in [-0.4, -0.2) is 43.3 Å². The Labute approximate surface area is 157 Å². The van der Waals surface area contributed by atoms with E-state index >= 15 is 0 Å². The van der Waals surface area contributed by atoms with Gasteiger partial charge in [-0.15, -0.1) is 0 Å². The van der Waals surface area contributed by atoms with Crippen LogP contribution in [0.15, 0.2) is 54.6 Å². The van der Waals surface area contributed by atoms with Crippen LogP contribution in [0.25, 0.3) is 0 Å². The highest BCUT2D eigenvalue weighted by atomic mass is 16.5. The van der Waals surface area contributed by atoms with Crippen molar-refractivity contribution >= 4 is 0 Å². The minimum absolute atomic E-state index is 0.0140. The zero-order valence-electron chi connectivity index (χ0n) is 16.4. The number of ether oxygens (including phenoxy) is 2. The minimum Gasteiger partial charge on any atom is -0.492 e. The van der Waals surface area contributed by atoms with Crippen LogP contribution in [0.1, 0.15) is 38.8 Å². The molecular weight excluding hydrogens is 322 g/mol. The fraction of sp³-hybridized carbons (Fsp3) is 0.478. The molecule has 0 bridgehead atoms. The van der Waals surface area contributed by atoms with E-state index in [9.17, 15) is 0 Å². The summed E-state index contributed by atoms with van der Waals surface area (Å²) in [4.78, 5) is 2.42. The van der Waals surface area contributed by atoms with E-state index in [1.165, 1.54) is 11.1 Å². The molecule has 0 aliphatic carbocycles. The van der Waals surface area contributed by atoms with Gasteiger partial charge in [0.15, 0.2) is 0 Å². The van der Waals surface area contributed by atoms with E-state index in [1.54, 1.807) is 0 Å². The summed E-state index contributed by atoms with van der Waals surface area (Å²) in [5.41, 5.74) is 2.61. The van der Waals surface area contributed by atoms with E-state index in [4.69, 9.17) is 9.47 Å². The van der Waals surface area contributed by atoms with Crippen LogP contribution in [0.3, 0.4) is 0 Å². The van der Waals surface area contributed by atoms with Gasteiger partial charge < -0.3 is 9.47 Å². The third-order valence-corrected chi connectivity index (χ3v) is 5.24. The third kappa shape index (κ3) is 4.66. The second-order valence-electron chi connectivity index (χ2n) is 7.88. The topological polar surface area (TPSA) is 21.7 Å². The molecule has 1 heterocycles. The first kappa shape index (κ1) is 18.9. The van der Waals surface area contributed by atoms with Gasteiger partial charge in [0, 0.05) is 25.0 Å². The van der Waals surface area contributed by atoms with Crippen LogP contribution in [0.2, 0.25) is 0 Å². The summed E-state index contributed by atoms with van der Waals surface area (Å²) in [6, 6.07) is 19.2. The smallest absolute Gasteiger partial charge is 0.119 e. The van der Waals surface area contributed by atoms with Gasteiger partial charge in [0.05, 0.1) is 12.2 Å². The first-order valence-corrected chi connectivity index (χ1v) is 9.62. The molecule has 0 aromatic heterocycles. The molecule has 0 radical (unpaired) electrons. The van der Waals surface area contributed by atoms with Gasteiger partial charge >= 0.3 is 0 Å². The van der Waals surface area contributed by atoms with E-state index in [1.807, 2.05) is 0 Å². The van der Waals surface area contributed by atoms with E-state index < -0.39 is 0 Å². The van der Waals surface area contributed by atoms with Crippen LogP contribution >= 0.6 is 0 Å². The van der Waals surface area contributed by atoms with Crippen molar-refractivity contribution in [2.75, 3.05) is 26.2 Å². The monoisotopic (exact) mass is 353 g/mol. The number of benzene rings is 2. The molecule has 26 heavy (non-hydrogen) atoms. The Morgan fingerprint density at radius 2 is 1.50 bits per heavy atom. The predicted molar refractivity (Wildman–Crippen MR) is 107 cm³/mol. The quantitative estimate of drug-likeness (QED) is 0.763. The Bertz CT molecular complexity index is 671. The summed E-state index contributed by atoms with van der Waals surface area (Å²) >= 11 is 0. The highest BCUT2D eigenvalue weighted by molar-refractivity contribution is 5.39. The standard InChI is InChI=1S/C23H31NO2/c1-18-16-24(17-19(2)26-18)14-15-25-22-12-10-21(11-13-22)23(3,4)20-8-6-5-7-9-20/h5-13,18-19H,14-17H2,1-4H3/t18-,19+. The number of nitrogens with zero attached hydrogens (tertiary/aromatic N) is 1. The maximum Gasteiger partial charge on any atom is 0.119 e. The molecule has 3 heteroatoms. The molecule has 2 aromatic rings. The van der Waals surface area contributed by atoms with Crippen LogP contribution in [-0.2, 0) is 10.2 Å². The summed E-state index contributed by atoms with van der Waals surface area (Å²) < 4.78 is 11.8. The van der Waals surface area contributed by atoms with E-state index in [2.05, 4.69) is 87.2 Å². The maximum absolute atomic E-state index is 5.97. The van der Waals surface area contributed by atoms with Crippen LogP contribution < -0.4 is 4.74 Å². The zero-order chi connectivity index (χ0) is 18.6. The number of morpholine rings is 1. The second kappa shape index (κ2) is 8.24. The lowest BCUT2D eigenvalue weighted by atomic mass is 9.78. The summed E-state index contributed by atoms with van der Waals surface area (Å²) in [5.74, 6) is 0.937. The fourth-order valence-corrected chi connectivity index (χ4v) is 3.75. The molecular formula is C23H31NO2. The molecule has 0 saturated carbocycles. The molecule has 0 N–H and O–H groups in total. The Kier molecular flexibility index (Phi) is 6.00. The first-order chi connectivity index (χ1) is 12.4. The van der Waals surface area contributed by atoms with Crippen LogP contribution in [0.4, 0.5) is 0 Å². The first-order valence-electron chi connectivity index (χ1n) is 9.62. The Balaban J connectivity index is 1.55. The minimum atomic E-state index is -0.0140. The number of hydrogen-bond acceptors (Lipinski definition) is 3. The fourth-order valence-electron chi connectivity index (χ4n) is 3.75. The molecule has 2 aromatic carbocycles. The second-order valence-corrected chi connectivity index (χ2v) is 7.88. The highest BCUT2D eigenvalue weighted by Crippen LogP contribution is 2.32. The van der Waals surface area contributed by atoms with Gasteiger partial charge in [-0.25, -0.2) is 0 Å². The molecule has 1 aliphatic rings. The lowest BCUT2D eigenvalue weighted by Crippen LogP contribution is -2.46. The van der Waals surface area contributed by atoms with Crippen molar-refractivity contribution in [1.29, 1.82) is 0 Å². The molecule has 0 unspecified atom stereocenters. The molecule has 3 nitrogen and oxygen atoms in total. The van der Waals surface area contributed by atoms with Gasteiger partial charge in [0.25, 0.3) is 0 Å². The summed E-state index contributed by atoms with van der Waals surface area (Å²) in [6.45, 7) is 12.4. The van der Waals surface area contributed by atoms with E-state index in [0.29, 0.717) is 18.8 Å². The molecule has 1 aliphatic heterocycles. The molecule has 0 spiro atoms. The van der Waals surface area contributed by atoms with E-state index in [0.717, 1.165) is 25.4 Å². The summed E-state index contributed by atoms with van der Waals surface area (Å²) in [7, 11) is 0. The Morgan fingerprint density at radius 1 is 0.923 bits per heavy atom. The maximum atomic E-state index is 5.97. The van der Waals surface area contributed by atoms with Gasteiger partial charge in [0.2, 0.25) is 0 Å². The normalized spacial score (nSPS) is 21.5. The van der Waals surface area contributed by atoms with Crippen molar-refractivity contribution in [2.45, 2.75) is 45.3 Å². The van der Waals surface area contributed by atoms with Gasteiger partial charge in [-0.3, -0.25) is 4.90 Å². The lowest BCUT2D eigenvalue weighted by Gasteiger charge is -2.35. The molecule has 140 valence electrons. The van der Waals surface area contributed by atoms with Crippen molar-refractivity contribution in [3.8, 4) is 5.75 Å². The largest absolute Gasteiger partial charge is 0.492 e. The van der Waals surface area contributed by atoms with Crippen LogP contribution in [0, 0.1) is 0 Å². The summed E-state index contributed by atoms with van der Waals surface area (Å²) in [6.07, 6.45) is 0.608. The lowest BCUT2D eigenvalue weighted by molar-refractivity contribution is -0.0699. The number of rotatable bonds is 6. The molecule has 2 atom stereocenters. The molecule has 0 amide bonds. The molecule has 1 fully saturated rings. The van der Waals surface area contributed by atoms with Crippen molar-refractivity contribution in [3.05, 3.63) is 65.7 Å².